The number of carboxylic acids is 1. The molecule has 0 saturated carbocycles. The van der Waals surface area contributed by atoms with Crippen molar-refractivity contribution in [1.82, 2.24) is 5.32 Å². The average Bonchev–Trinajstić information content (AvgIpc) is 2.38. The first kappa shape index (κ1) is 13.0. The van der Waals surface area contributed by atoms with E-state index in [4.69, 9.17) is 14.6 Å². The number of carbonyl (C=O) groups is 2. The number of amides is 2. The highest BCUT2D eigenvalue weighted by Gasteiger charge is 2.12. The monoisotopic (exact) mass is 266 g/mol. The second kappa shape index (κ2) is 5.94. The van der Waals surface area contributed by atoms with Crippen molar-refractivity contribution in [1.29, 1.82) is 0 Å². The number of hydrogen-bond donors (Lipinski definition) is 3. The smallest absolute Gasteiger partial charge is 0.319 e. The molecule has 2 rings (SSSR count). The minimum Gasteiger partial charge on any atom is -0.486 e. The molecule has 0 saturated heterocycles. The predicted octanol–water partition coefficient (Wildman–Crippen LogP) is 1.05. The molecule has 0 bridgehead atoms. The van der Waals surface area contributed by atoms with Gasteiger partial charge in [0.1, 0.15) is 13.2 Å². The Labute approximate surface area is 109 Å². The lowest BCUT2D eigenvalue weighted by molar-refractivity contribution is -0.136. The zero-order chi connectivity index (χ0) is 13.7. The van der Waals surface area contributed by atoms with Gasteiger partial charge >= 0.3 is 12.0 Å². The maximum Gasteiger partial charge on any atom is 0.319 e. The van der Waals surface area contributed by atoms with Crippen molar-refractivity contribution in [2.24, 2.45) is 0 Å². The number of carboxylic acid groups (broad SMARTS) is 1. The van der Waals surface area contributed by atoms with Crippen LogP contribution in [0.5, 0.6) is 11.5 Å². The van der Waals surface area contributed by atoms with E-state index < -0.39 is 12.0 Å². The number of benzene rings is 1. The summed E-state index contributed by atoms with van der Waals surface area (Å²) in [5.41, 5.74) is 0.553. The maximum absolute atomic E-state index is 11.5. The number of rotatable bonds is 4. The minimum atomic E-state index is -0.959. The molecule has 1 aromatic rings. The van der Waals surface area contributed by atoms with Crippen LogP contribution in [0.25, 0.3) is 0 Å². The molecule has 3 N–H and O–H groups in total. The van der Waals surface area contributed by atoms with Crippen LogP contribution in [0.4, 0.5) is 10.5 Å². The van der Waals surface area contributed by atoms with Gasteiger partial charge in [-0.2, -0.15) is 0 Å². The standard InChI is InChI=1S/C12H14N2O5/c15-11(16)3-4-13-12(17)14-8-1-2-9-10(7-8)19-6-5-18-9/h1-2,7H,3-6H2,(H,15,16)(H2,13,14,17). The Morgan fingerprint density at radius 1 is 1.21 bits per heavy atom. The van der Waals surface area contributed by atoms with Crippen LogP contribution in [0.3, 0.4) is 0 Å². The third-order valence-corrected chi connectivity index (χ3v) is 2.42. The van der Waals surface area contributed by atoms with Gasteiger partial charge in [-0.25, -0.2) is 4.79 Å². The summed E-state index contributed by atoms with van der Waals surface area (Å²) in [7, 11) is 0. The van der Waals surface area contributed by atoms with Gasteiger partial charge in [-0.1, -0.05) is 0 Å². The zero-order valence-corrected chi connectivity index (χ0v) is 10.1. The van der Waals surface area contributed by atoms with Crippen molar-refractivity contribution in [3.63, 3.8) is 0 Å². The summed E-state index contributed by atoms with van der Waals surface area (Å²) in [6.45, 7) is 1.06. The lowest BCUT2D eigenvalue weighted by Crippen LogP contribution is -2.30. The summed E-state index contributed by atoms with van der Waals surface area (Å²) >= 11 is 0. The number of ether oxygens (including phenoxy) is 2. The number of aliphatic carboxylic acids is 1. The molecule has 0 aromatic heterocycles. The Kier molecular flexibility index (Phi) is 4.07. The third-order valence-electron chi connectivity index (χ3n) is 2.42. The molecule has 7 heteroatoms. The van der Waals surface area contributed by atoms with Crippen LogP contribution in [0.1, 0.15) is 6.42 Å². The van der Waals surface area contributed by atoms with E-state index in [0.717, 1.165) is 0 Å². The third kappa shape index (κ3) is 3.77. The number of nitrogens with one attached hydrogen (secondary N) is 2. The summed E-state index contributed by atoms with van der Waals surface area (Å²) in [6, 6.07) is 4.59. The highest BCUT2D eigenvalue weighted by molar-refractivity contribution is 5.89. The highest BCUT2D eigenvalue weighted by atomic mass is 16.6. The van der Waals surface area contributed by atoms with Gasteiger partial charge in [-0.3, -0.25) is 4.79 Å². The van der Waals surface area contributed by atoms with E-state index in [-0.39, 0.29) is 13.0 Å². The van der Waals surface area contributed by atoms with E-state index >= 15 is 0 Å². The summed E-state index contributed by atoms with van der Waals surface area (Å²) in [4.78, 5) is 21.8. The molecule has 0 aliphatic carbocycles. The molecular weight excluding hydrogens is 252 g/mol. The first-order valence-corrected chi connectivity index (χ1v) is 5.81. The van der Waals surface area contributed by atoms with E-state index in [9.17, 15) is 9.59 Å². The van der Waals surface area contributed by atoms with Crippen molar-refractivity contribution < 1.29 is 24.2 Å². The van der Waals surface area contributed by atoms with Gasteiger partial charge in [0, 0.05) is 18.3 Å². The number of hydrogen-bond acceptors (Lipinski definition) is 4. The fourth-order valence-corrected chi connectivity index (χ4v) is 1.58. The average molecular weight is 266 g/mol. The van der Waals surface area contributed by atoms with Gasteiger partial charge in [-0.05, 0) is 12.1 Å². The fraction of sp³-hybridized carbons (Fsp3) is 0.333. The summed E-state index contributed by atoms with van der Waals surface area (Å²) < 4.78 is 10.7. The molecule has 0 atom stereocenters. The van der Waals surface area contributed by atoms with E-state index in [2.05, 4.69) is 10.6 Å². The molecule has 0 unspecified atom stereocenters. The van der Waals surface area contributed by atoms with Gasteiger partial charge in [0.25, 0.3) is 0 Å². The molecule has 1 aromatic carbocycles. The summed E-state index contributed by atoms with van der Waals surface area (Å²) in [5.74, 6) is 0.261. The largest absolute Gasteiger partial charge is 0.486 e. The lowest BCUT2D eigenvalue weighted by Gasteiger charge is -2.19. The second-order valence-electron chi connectivity index (χ2n) is 3.88. The molecular formula is C12H14N2O5. The SMILES string of the molecule is O=C(O)CCNC(=O)Nc1ccc2c(c1)OCCO2. The van der Waals surface area contributed by atoms with Crippen LogP contribution in [-0.4, -0.2) is 36.9 Å². The number of fused-ring (bicyclic) bond motifs is 1. The first-order valence-electron chi connectivity index (χ1n) is 5.81. The normalized spacial score (nSPS) is 12.6. The molecule has 102 valence electrons. The predicted molar refractivity (Wildman–Crippen MR) is 66.7 cm³/mol. The van der Waals surface area contributed by atoms with Crippen LogP contribution in [-0.2, 0) is 4.79 Å². The Morgan fingerprint density at radius 3 is 2.68 bits per heavy atom. The molecule has 1 heterocycles. The van der Waals surface area contributed by atoms with Gasteiger partial charge in [0.05, 0.1) is 6.42 Å². The number of carbonyl (C=O) groups excluding carboxylic acids is 1. The van der Waals surface area contributed by atoms with Gasteiger partial charge in [-0.15, -0.1) is 0 Å². The fourth-order valence-electron chi connectivity index (χ4n) is 1.58. The van der Waals surface area contributed by atoms with Crippen molar-refractivity contribution in [3.05, 3.63) is 18.2 Å². The molecule has 1 aliphatic rings. The maximum atomic E-state index is 11.5. The number of urea groups is 1. The summed E-state index contributed by atoms with van der Waals surface area (Å²) in [5, 5.41) is 13.5. The summed E-state index contributed by atoms with van der Waals surface area (Å²) in [6.07, 6.45) is -0.117. The first-order chi connectivity index (χ1) is 9.15. The van der Waals surface area contributed by atoms with Crippen LogP contribution < -0.4 is 20.1 Å². The second-order valence-corrected chi connectivity index (χ2v) is 3.88. The molecule has 0 radical (unpaired) electrons. The van der Waals surface area contributed by atoms with Crippen molar-refractivity contribution in [2.75, 3.05) is 25.1 Å². The van der Waals surface area contributed by atoms with Crippen molar-refractivity contribution in [2.45, 2.75) is 6.42 Å². The van der Waals surface area contributed by atoms with Crippen LogP contribution in [0.2, 0.25) is 0 Å². The Hall–Kier alpha value is -2.44. The van der Waals surface area contributed by atoms with E-state index in [1.807, 2.05) is 0 Å². The molecule has 2 amide bonds. The van der Waals surface area contributed by atoms with E-state index in [1.54, 1.807) is 18.2 Å². The van der Waals surface area contributed by atoms with Crippen molar-refractivity contribution >= 4 is 17.7 Å². The molecule has 1 aliphatic heterocycles. The lowest BCUT2D eigenvalue weighted by atomic mass is 10.2. The van der Waals surface area contributed by atoms with Gasteiger partial charge < -0.3 is 25.2 Å². The van der Waals surface area contributed by atoms with Crippen molar-refractivity contribution in [3.8, 4) is 11.5 Å². The van der Waals surface area contributed by atoms with Gasteiger partial charge in [0.2, 0.25) is 0 Å². The van der Waals surface area contributed by atoms with Crippen LogP contribution in [0, 0.1) is 0 Å². The molecule has 7 nitrogen and oxygen atoms in total. The molecule has 0 fully saturated rings. The quantitative estimate of drug-likeness (QED) is 0.757. The Morgan fingerprint density at radius 2 is 1.95 bits per heavy atom. The van der Waals surface area contributed by atoms with Crippen LogP contribution in [0.15, 0.2) is 18.2 Å². The Bertz CT molecular complexity index is 489. The zero-order valence-electron chi connectivity index (χ0n) is 10.1. The van der Waals surface area contributed by atoms with E-state index in [0.29, 0.717) is 30.4 Å². The molecule has 19 heavy (non-hydrogen) atoms. The van der Waals surface area contributed by atoms with Gasteiger partial charge in [0.15, 0.2) is 11.5 Å². The highest BCUT2D eigenvalue weighted by Crippen LogP contribution is 2.32. The van der Waals surface area contributed by atoms with Crippen LogP contribution >= 0.6 is 0 Å². The topological polar surface area (TPSA) is 96.9 Å². The number of anilines is 1. The van der Waals surface area contributed by atoms with E-state index in [1.165, 1.54) is 0 Å². The Balaban J connectivity index is 1.88. The molecule has 0 spiro atoms. The minimum absolute atomic E-state index is 0.0751.